The molecule has 1 heterocycles. The molecule has 0 spiro atoms. The Balaban J connectivity index is 2.19. The fraction of sp³-hybridized carbons (Fsp3) is 0.538. The lowest BCUT2D eigenvalue weighted by molar-refractivity contribution is -0.109. The molecule has 1 aliphatic heterocycles. The summed E-state index contributed by atoms with van der Waals surface area (Å²) in [4.78, 5) is 0. The van der Waals surface area contributed by atoms with Gasteiger partial charge in [0.1, 0.15) is 5.82 Å². The summed E-state index contributed by atoms with van der Waals surface area (Å²) in [5.74, 6) is -0.391. The smallest absolute Gasteiger partial charge is 0.141 e. The van der Waals surface area contributed by atoms with Crippen LogP contribution in [0.15, 0.2) is 18.2 Å². The molecule has 2 nitrogen and oxygen atoms in total. The van der Waals surface area contributed by atoms with Crippen LogP contribution in [0.2, 0.25) is 5.02 Å². The Morgan fingerprint density at radius 3 is 3.00 bits per heavy atom. The van der Waals surface area contributed by atoms with Gasteiger partial charge in [-0.15, -0.1) is 0 Å². The second-order valence-electron chi connectivity index (χ2n) is 4.71. The van der Waals surface area contributed by atoms with E-state index in [9.17, 15) is 4.39 Å². The van der Waals surface area contributed by atoms with E-state index in [0.717, 1.165) is 25.1 Å². The van der Waals surface area contributed by atoms with E-state index in [1.54, 1.807) is 12.1 Å². The molecule has 1 aromatic rings. The van der Waals surface area contributed by atoms with Gasteiger partial charge in [-0.2, -0.15) is 0 Å². The van der Waals surface area contributed by atoms with Crippen LogP contribution in [0.25, 0.3) is 0 Å². The third kappa shape index (κ3) is 2.79. The highest BCUT2D eigenvalue weighted by Gasteiger charge is 2.32. The van der Waals surface area contributed by atoms with Crippen molar-refractivity contribution >= 4 is 11.6 Å². The van der Waals surface area contributed by atoms with E-state index in [0.29, 0.717) is 0 Å². The maximum atomic E-state index is 13.1. The van der Waals surface area contributed by atoms with Gasteiger partial charge in [0.25, 0.3) is 0 Å². The molecule has 0 radical (unpaired) electrons. The largest absolute Gasteiger partial charge is 0.365 e. The number of benzene rings is 1. The van der Waals surface area contributed by atoms with Crippen molar-refractivity contribution in [3.63, 3.8) is 0 Å². The topological polar surface area (TPSA) is 21.3 Å². The first-order valence-corrected chi connectivity index (χ1v) is 6.25. The Kier molecular flexibility index (Phi) is 3.71. The van der Waals surface area contributed by atoms with Crippen molar-refractivity contribution in [3.8, 4) is 0 Å². The molecule has 2 atom stereocenters. The monoisotopic (exact) mass is 257 g/mol. The minimum absolute atomic E-state index is 0.0631. The summed E-state index contributed by atoms with van der Waals surface area (Å²) < 4.78 is 19.2. The van der Waals surface area contributed by atoms with E-state index in [4.69, 9.17) is 16.3 Å². The van der Waals surface area contributed by atoms with Crippen LogP contribution in [0.4, 0.5) is 4.39 Å². The molecule has 0 saturated carbocycles. The average Bonchev–Trinajstić information content (AvgIpc) is 2.33. The van der Waals surface area contributed by atoms with Gasteiger partial charge in [0.05, 0.1) is 16.7 Å². The predicted octanol–water partition coefficient (Wildman–Crippen LogP) is 3.31. The third-order valence-electron chi connectivity index (χ3n) is 3.32. The van der Waals surface area contributed by atoms with Crippen LogP contribution in [0.1, 0.15) is 31.9 Å². The van der Waals surface area contributed by atoms with Crippen LogP contribution in [-0.2, 0) is 4.74 Å². The quantitative estimate of drug-likeness (QED) is 0.878. The first-order chi connectivity index (χ1) is 8.04. The van der Waals surface area contributed by atoms with Gasteiger partial charge >= 0.3 is 0 Å². The van der Waals surface area contributed by atoms with Crippen LogP contribution in [0.5, 0.6) is 0 Å². The van der Waals surface area contributed by atoms with Gasteiger partial charge in [-0.1, -0.05) is 24.6 Å². The predicted molar refractivity (Wildman–Crippen MR) is 66.8 cm³/mol. The zero-order chi connectivity index (χ0) is 12.5. The number of hydrogen-bond donors (Lipinski definition) is 1. The summed E-state index contributed by atoms with van der Waals surface area (Å²) in [5.41, 5.74) is 0.757. The highest BCUT2D eigenvalue weighted by atomic mass is 35.5. The van der Waals surface area contributed by atoms with Gasteiger partial charge in [-0.3, -0.25) is 0 Å². The molecule has 4 heteroatoms. The summed E-state index contributed by atoms with van der Waals surface area (Å²) in [5, 5.41) is 3.50. The standard InChI is InChI=1S/C13H17ClFNO/c1-3-13(2)8-16-7-12(17-13)9-4-5-11(15)10(14)6-9/h4-6,12,16H,3,7-8H2,1-2H3. The summed E-state index contributed by atoms with van der Waals surface area (Å²) in [6.45, 7) is 5.76. The second kappa shape index (κ2) is 4.92. The molecule has 1 fully saturated rings. The minimum atomic E-state index is -0.391. The van der Waals surface area contributed by atoms with Crippen molar-refractivity contribution in [1.82, 2.24) is 5.32 Å². The lowest BCUT2D eigenvalue weighted by Gasteiger charge is -2.39. The number of ether oxygens (including phenoxy) is 1. The van der Waals surface area contributed by atoms with Crippen molar-refractivity contribution in [2.75, 3.05) is 13.1 Å². The van der Waals surface area contributed by atoms with Crippen LogP contribution in [-0.4, -0.2) is 18.7 Å². The lowest BCUT2D eigenvalue weighted by Crippen LogP contribution is -2.48. The Labute approximate surface area is 106 Å². The maximum Gasteiger partial charge on any atom is 0.141 e. The van der Waals surface area contributed by atoms with Gasteiger partial charge in [0, 0.05) is 13.1 Å². The number of nitrogens with one attached hydrogen (secondary N) is 1. The number of rotatable bonds is 2. The van der Waals surface area contributed by atoms with E-state index >= 15 is 0 Å². The fourth-order valence-corrected chi connectivity index (χ4v) is 2.19. The normalized spacial score (nSPS) is 29.3. The molecule has 1 N–H and O–H groups in total. The molecule has 1 saturated heterocycles. The van der Waals surface area contributed by atoms with Crippen LogP contribution in [0, 0.1) is 5.82 Å². The van der Waals surface area contributed by atoms with Gasteiger partial charge in [-0.05, 0) is 31.0 Å². The number of hydrogen-bond acceptors (Lipinski definition) is 2. The zero-order valence-corrected chi connectivity index (χ0v) is 10.9. The first-order valence-electron chi connectivity index (χ1n) is 5.87. The van der Waals surface area contributed by atoms with Gasteiger partial charge in [0.2, 0.25) is 0 Å². The molecule has 0 aliphatic carbocycles. The van der Waals surface area contributed by atoms with Gasteiger partial charge in [0.15, 0.2) is 0 Å². The van der Waals surface area contributed by atoms with Crippen LogP contribution in [0.3, 0.4) is 0 Å². The lowest BCUT2D eigenvalue weighted by atomic mass is 9.98. The molecule has 0 aromatic heterocycles. The summed E-state index contributed by atoms with van der Waals surface area (Å²) >= 11 is 5.79. The van der Waals surface area contributed by atoms with Crippen molar-refractivity contribution in [2.24, 2.45) is 0 Å². The van der Waals surface area contributed by atoms with Crippen molar-refractivity contribution < 1.29 is 9.13 Å². The molecule has 1 aliphatic rings. The molecule has 0 amide bonds. The van der Waals surface area contributed by atoms with Crippen molar-refractivity contribution in [2.45, 2.75) is 32.0 Å². The van der Waals surface area contributed by atoms with E-state index in [-0.39, 0.29) is 16.7 Å². The van der Waals surface area contributed by atoms with Gasteiger partial charge < -0.3 is 10.1 Å². The Bertz CT molecular complexity index is 412. The average molecular weight is 258 g/mol. The maximum absolute atomic E-state index is 13.1. The Morgan fingerprint density at radius 1 is 1.59 bits per heavy atom. The minimum Gasteiger partial charge on any atom is -0.365 e. The molecular formula is C13H17ClFNO. The van der Waals surface area contributed by atoms with E-state index < -0.39 is 5.82 Å². The molecule has 17 heavy (non-hydrogen) atoms. The van der Waals surface area contributed by atoms with E-state index in [1.165, 1.54) is 6.07 Å². The first kappa shape index (κ1) is 12.8. The summed E-state index contributed by atoms with van der Waals surface area (Å²) in [7, 11) is 0. The molecule has 0 bridgehead atoms. The zero-order valence-electron chi connectivity index (χ0n) is 10.1. The summed E-state index contributed by atoms with van der Waals surface area (Å²) in [6.07, 6.45) is 0.873. The van der Waals surface area contributed by atoms with Crippen molar-refractivity contribution in [3.05, 3.63) is 34.6 Å². The van der Waals surface area contributed by atoms with E-state index in [2.05, 4.69) is 19.2 Å². The second-order valence-corrected chi connectivity index (χ2v) is 5.12. The molecule has 94 valence electrons. The fourth-order valence-electron chi connectivity index (χ4n) is 2.00. The summed E-state index contributed by atoms with van der Waals surface area (Å²) in [6, 6.07) is 4.76. The Morgan fingerprint density at radius 2 is 2.35 bits per heavy atom. The molecular weight excluding hydrogens is 241 g/mol. The third-order valence-corrected chi connectivity index (χ3v) is 3.61. The number of halogens is 2. The highest BCUT2D eigenvalue weighted by molar-refractivity contribution is 6.30. The van der Waals surface area contributed by atoms with Crippen LogP contribution < -0.4 is 5.32 Å². The molecule has 2 rings (SSSR count). The van der Waals surface area contributed by atoms with E-state index in [1.807, 2.05) is 0 Å². The highest BCUT2D eigenvalue weighted by Crippen LogP contribution is 2.30. The SMILES string of the molecule is CCC1(C)CNCC(c2ccc(F)c(Cl)c2)O1. The molecule has 1 aromatic carbocycles. The number of morpholine rings is 1. The van der Waals surface area contributed by atoms with Crippen molar-refractivity contribution in [1.29, 1.82) is 0 Å². The van der Waals surface area contributed by atoms with Crippen LogP contribution >= 0.6 is 11.6 Å². The van der Waals surface area contributed by atoms with Gasteiger partial charge in [-0.25, -0.2) is 4.39 Å². The Hall–Kier alpha value is -0.640. The molecule has 2 unspecified atom stereocenters.